The average Bonchev–Trinajstić information content (AvgIpc) is 3.19. The second-order valence-electron chi connectivity index (χ2n) is 8.38. The summed E-state index contributed by atoms with van der Waals surface area (Å²) in [7, 11) is 0. The van der Waals surface area contributed by atoms with Gasteiger partial charge in [-0.25, -0.2) is 9.18 Å². The van der Waals surface area contributed by atoms with Crippen molar-refractivity contribution in [3.63, 3.8) is 0 Å². The number of pyridine rings is 1. The molecule has 182 valence electrons. The highest BCUT2D eigenvalue weighted by molar-refractivity contribution is 5.81. The van der Waals surface area contributed by atoms with Gasteiger partial charge in [0.05, 0.1) is 6.10 Å². The molecule has 3 fully saturated rings. The number of alkyl halides is 4. The third kappa shape index (κ3) is 6.62. The molecule has 0 unspecified atom stereocenters. The van der Waals surface area contributed by atoms with Gasteiger partial charge < -0.3 is 20.1 Å². The largest absolute Gasteiger partial charge is 0.490 e. The van der Waals surface area contributed by atoms with Crippen molar-refractivity contribution in [3.8, 4) is 0 Å². The number of ether oxygens (including phenoxy) is 1. The van der Waals surface area contributed by atoms with Crippen molar-refractivity contribution in [2.75, 3.05) is 13.1 Å². The number of rotatable bonds is 4. The molecule has 0 aromatic carbocycles. The SMILES string of the molecule is O=C(NCc1cccnc1)[C@H]1C[C@@H]2CCN(C(=O)C3CC(F)C3)C[C@H]2O1.O=C(O)C(F)(F)F. The van der Waals surface area contributed by atoms with Crippen molar-refractivity contribution in [3.05, 3.63) is 30.1 Å². The fraction of sp³-hybridized carbons (Fsp3) is 0.619. The van der Waals surface area contributed by atoms with Crippen LogP contribution in [0.2, 0.25) is 0 Å². The summed E-state index contributed by atoms with van der Waals surface area (Å²) in [5.74, 6) is -2.68. The molecule has 3 heterocycles. The summed E-state index contributed by atoms with van der Waals surface area (Å²) in [6.45, 7) is 1.63. The van der Waals surface area contributed by atoms with Crippen LogP contribution in [0.3, 0.4) is 0 Å². The Hall–Kier alpha value is -2.76. The summed E-state index contributed by atoms with van der Waals surface area (Å²) >= 11 is 0. The van der Waals surface area contributed by atoms with E-state index in [0.717, 1.165) is 12.0 Å². The molecule has 1 aromatic rings. The number of amides is 2. The van der Waals surface area contributed by atoms with Gasteiger partial charge in [-0.05, 0) is 43.2 Å². The molecular formula is C21H25F4N3O5. The number of carboxylic acid groups (broad SMARTS) is 1. The lowest BCUT2D eigenvalue weighted by Gasteiger charge is -2.39. The average molecular weight is 475 g/mol. The Morgan fingerprint density at radius 3 is 2.52 bits per heavy atom. The van der Waals surface area contributed by atoms with Crippen LogP contribution in [0.4, 0.5) is 17.6 Å². The minimum Gasteiger partial charge on any atom is -0.475 e. The van der Waals surface area contributed by atoms with Crippen LogP contribution in [0.15, 0.2) is 24.5 Å². The third-order valence-electron chi connectivity index (χ3n) is 6.02. The van der Waals surface area contributed by atoms with Crippen molar-refractivity contribution in [1.29, 1.82) is 0 Å². The molecule has 2 aliphatic heterocycles. The Morgan fingerprint density at radius 1 is 1.24 bits per heavy atom. The van der Waals surface area contributed by atoms with Crippen LogP contribution < -0.4 is 5.32 Å². The van der Waals surface area contributed by atoms with Crippen molar-refractivity contribution in [1.82, 2.24) is 15.2 Å². The smallest absolute Gasteiger partial charge is 0.475 e. The fourth-order valence-electron chi connectivity index (χ4n) is 4.11. The lowest BCUT2D eigenvalue weighted by molar-refractivity contribution is -0.192. The highest BCUT2D eigenvalue weighted by Gasteiger charge is 2.45. The molecule has 2 amide bonds. The molecule has 2 saturated heterocycles. The molecule has 12 heteroatoms. The molecule has 3 aliphatic rings. The number of halogens is 4. The molecule has 3 atom stereocenters. The second kappa shape index (κ2) is 10.4. The quantitative estimate of drug-likeness (QED) is 0.646. The highest BCUT2D eigenvalue weighted by Crippen LogP contribution is 2.36. The highest BCUT2D eigenvalue weighted by atomic mass is 19.4. The first-order valence-electron chi connectivity index (χ1n) is 10.6. The molecule has 0 radical (unpaired) electrons. The first-order chi connectivity index (χ1) is 15.5. The van der Waals surface area contributed by atoms with E-state index >= 15 is 0 Å². The van der Waals surface area contributed by atoms with Crippen LogP contribution >= 0.6 is 0 Å². The van der Waals surface area contributed by atoms with Gasteiger partial charge in [0.15, 0.2) is 0 Å². The molecule has 0 spiro atoms. The van der Waals surface area contributed by atoms with E-state index in [4.69, 9.17) is 14.6 Å². The van der Waals surface area contributed by atoms with E-state index in [2.05, 4.69) is 10.3 Å². The Kier molecular flexibility index (Phi) is 7.88. The van der Waals surface area contributed by atoms with Crippen LogP contribution in [0.5, 0.6) is 0 Å². The maximum Gasteiger partial charge on any atom is 0.490 e. The van der Waals surface area contributed by atoms with E-state index in [9.17, 15) is 27.2 Å². The normalized spacial score (nSPS) is 28.6. The summed E-state index contributed by atoms with van der Waals surface area (Å²) in [5, 5.41) is 10.0. The first kappa shape index (κ1) is 24.9. The number of aliphatic carboxylic acids is 1. The van der Waals surface area contributed by atoms with Crippen LogP contribution in [0.1, 0.15) is 31.2 Å². The number of hydrogen-bond donors (Lipinski definition) is 2. The Labute approximate surface area is 187 Å². The van der Waals surface area contributed by atoms with E-state index in [-0.39, 0.29) is 23.8 Å². The molecule has 8 nitrogen and oxygen atoms in total. The lowest BCUT2D eigenvalue weighted by atomic mass is 9.81. The lowest BCUT2D eigenvalue weighted by Crippen LogP contribution is -2.50. The Bertz CT molecular complexity index is 848. The number of piperidine rings is 1. The monoisotopic (exact) mass is 475 g/mol. The van der Waals surface area contributed by atoms with Gasteiger partial charge in [-0.2, -0.15) is 13.2 Å². The minimum atomic E-state index is -5.08. The van der Waals surface area contributed by atoms with E-state index in [1.807, 2.05) is 12.1 Å². The number of carboxylic acids is 1. The summed E-state index contributed by atoms with van der Waals surface area (Å²) in [6, 6.07) is 3.75. The van der Waals surface area contributed by atoms with E-state index in [0.29, 0.717) is 44.8 Å². The van der Waals surface area contributed by atoms with Crippen molar-refractivity contribution < 1.29 is 41.8 Å². The molecule has 4 rings (SSSR count). The summed E-state index contributed by atoms with van der Waals surface area (Å²) in [6.07, 6.45) is -0.804. The minimum absolute atomic E-state index is 0.0467. The molecule has 1 aromatic heterocycles. The van der Waals surface area contributed by atoms with E-state index in [1.165, 1.54) is 0 Å². The predicted octanol–water partition coefficient (Wildman–Crippen LogP) is 2.09. The molecule has 33 heavy (non-hydrogen) atoms. The van der Waals surface area contributed by atoms with Gasteiger partial charge in [-0.15, -0.1) is 0 Å². The topological polar surface area (TPSA) is 109 Å². The zero-order valence-electron chi connectivity index (χ0n) is 17.6. The van der Waals surface area contributed by atoms with Crippen LogP contribution in [0, 0.1) is 11.8 Å². The van der Waals surface area contributed by atoms with Gasteiger partial charge in [0.25, 0.3) is 0 Å². The number of aromatic nitrogens is 1. The van der Waals surface area contributed by atoms with E-state index < -0.39 is 24.4 Å². The Morgan fingerprint density at radius 2 is 1.94 bits per heavy atom. The van der Waals surface area contributed by atoms with Crippen LogP contribution in [-0.2, 0) is 25.7 Å². The Balaban J connectivity index is 0.000000383. The number of carbonyl (C=O) groups is 3. The number of nitrogens with one attached hydrogen (secondary N) is 1. The molecule has 1 saturated carbocycles. The second-order valence-corrected chi connectivity index (χ2v) is 8.38. The standard InChI is InChI=1S/C19H24FN3O3.C2HF3O2/c20-15-6-14(7-15)19(25)23-5-3-13-8-16(26-17(13)11-23)18(24)22-10-12-2-1-4-21-9-12;3-2(4,5)1(6)7/h1-2,4,9,13-17H,3,5-8,10-11H2,(H,22,24);(H,6,7)/t13-,14?,15?,16+,17+;/m0./s1. The van der Waals surface area contributed by atoms with Gasteiger partial charge >= 0.3 is 12.1 Å². The number of carbonyl (C=O) groups excluding carboxylic acids is 2. The molecule has 0 bridgehead atoms. The number of hydrogen-bond acceptors (Lipinski definition) is 5. The zero-order chi connectivity index (χ0) is 24.2. The summed E-state index contributed by atoms with van der Waals surface area (Å²) in [4.78, 5) is 39.5. The maximum absolute atomic E-state index is 13.0. The van der Waals surface area contributed by atoms with E-state index in [1.54, 1.807) is 17.3 Å². The van der Waals surface area contributed by atoms with Gasteiger partial charge in [-0.1, -0.05) is 6.07 Å². The molecule has 1 aliphatic carbocycles. The summed E-state index contributed by atoms with van der Waals surface area (Å²) in [5.41, 5.74) is 0.944. The van der Waals surface area contributed by atoms with Gasteiger partial charge in [0.1, 0.15) is 12.3 Å². The van der Waals surface area contributed by atoms with Gasteiger partial charge in [-0.3, -0.25) is 14.6 Å². The first-order valence-corrected chi connectivity index (χ1v) is 10.6. The third-order valence-corrected chi connectivity index (χ3v) is 6.02. The van der Waals surface area contributed by atoms with Crippen molar-refractivity contribution >= 4 is 17.8 Å². The van der Waals surface area contributed by atoms with Gasteiger partial charge in [0, 0.05) is 37.9 Å². The number of likely N-dealkylation sites (tertiary alicyclic amines) is 1. The molecule has 2 N–H and O–H groups in total. The molecular weight excluding hydrogens is 450 g/mol. The maximum atomic E-state index is 13.0. The van der Waals surface area contributed by atoms with Crippen LogP contribution in [0.25, 0.3) is 0 Å². The fourth-order valence-corrected chi connectivity index (χ4v) is 4.11. The summed E-state index contributed by atoms with van der Waals surface area (Å²) < 4.78 is 50.7. The van der Waals surface area contributed by atoms with Crippen molar-refractivity contribution in [2.24, 2.45) is 11.8 Å². The zero-order valence-corrected chi connectivity index (χ0v) is 17.6. The van der Waals surface area contributed by atoms with Crippen molar-refractivity contribution in [2.45, 2.75) is 56.8 Å². The predicted molar refractivity (Wildman–Crippen MR) is 105 cm³/mol. The number of nitrogens with zero attached hydrogens (tertiary/aromatic N) is 2. The number of fused-ring (bicyclic) bond motifs is 1. The van der Waals surface area contributed by atoms with Crippen LogP contribution in [-0.4, -0.2) is 70.4 Å². The van der Waals surface area contributed by atoms with Gasteiger partial charge in [0.2, 0.25) is 11.8 Å².